The summed E-state index contributed by atoms with van der Waals surface area (Å²) in [6.45, 7) is 0.450. The minimum atomic E-state index is -0.553. The van der Waals surface area contributed by atoms with Gasteiger partial charge in [-0.05, 0) is 41.5 Å². The highest BCUT2D eigenvalue weighted by molar-refractivity contribution is 5.97. The SMILES string of the molecule is NC(=O)c1cccc(N(Cc2ccccc2)C(=O)COCc2ccc(O)cc2)c1. The molecule has 0 saturated heterocycles. The third-order valence-electron chi connectivity index (χ3n) is 4.36. The Kier molecular flexibility index (Phi) is 6.60. The molecule has 0 radical (unpaired) electrons. The van der Waals surface area contributed by atoms with Crippen molar-refractivity contribution in [3.63, 3.8) is 0 Å². The number of phenolic OH excluding ortho intramolecular Hbond substituents is 1. The van der Waals surface area contributed by atoms with Gasteiger partial charge in [0.1, 0.15) is 12.4 Å². The van der Waals surface area contributed by atoms with Gasteiger partial charge in [-0.15, -0.1) is 0 Å². The second-order valence-corrected chi connectivity index (χ2v) is 6.54. The molecule has 0 heterocycles. The van der Waals surface area contributed by atoms with E-state index >= 15 is 0 Å². The standard InChI is InChI=1S/C23H22N2O4/c24-23(28)19-7-4-8-20(13-19)25(14-17-5-2-1-3-6-17)22(27)16-29-15-18-9-11-21(26)12-10-18/h1-13,26H,14-16H2,(H2,24,28). The highest BCUT2D eigenvalue weighted by atomic mass is 16.5. The Morgan fingerprint density at radius 3 is 2.31 bits per heavy atom. The molecule has 6 nitrogen and oxygen atoms in total. The number of hydrogen-bond acceptors (Lipinski definition) is 4. The van der Waals surface area contributed by atoms with Crippen LogP contribution in [0, 0.1) is 0 Å². The van der Waals surface area contributed by atoms with Crippen molar-refractivity contribution in [2.24, 2.45) is 5.73 Å². The molecule has 3 rings (SSSR count). The van der Waals surface area contributed by atoms with Crippen molar-refractivity contribution in [1.82, 2.24) is 0 Å². The number of benzene rings is 3. The number of nitrogens with two attached hydrogens (primary N) is 1. The van der Waals surface area contributed by atoms with Gasteiger partial charge in [0.05, 0.1) is 13.2 Å². The molecule has 2 amide bonds. The first kappa shape index (κ1) is 20.1. The van der Waals surface area contributed by atoms with E-state index in [-0.39, 0.29) is 24.9 Å². The van der Waals surface area contributed by atoms with Crippen LogP contribution in [0.25, 0.3) is 0 Å². The molecule has 0 aliphatic rings. The van der Waals surface area contributed by atoms with E-state index in [4.69, 9.17) is 10.5 Å². The zero-order valence-corrected chi connectivity index (χ0v) is 15.8. The average molecular weight is 390 g/mol. The zero-order chi connectivity index (χ0) is 20.6. The van der Waals surface area contributed by atoms with Gasteiger partial charge in [-0.2, -0.15) is 0 Å². The number of rotatable bonds is 8. The van der Waals surface area contributed by atoms with Crippen LogP contribution in [0.3, 0.4) is 0 Å². The fraction of sp³-hybridized carbons (Fsp3) is 0.130. The molecule has 6 heteroatoms. The maximum Gasteiger partial charge on any atom is 0.253 e. The number of amides is 2. The first-order chi connectivity index (χ1) is 14.0. The van der Waals surface area contributed by atoms with Crippen LogP contribution < -0.4 is 10.6 Å². The lowest BCUT2D eigenvalue weighted by Gasteiger charge is -2.23. The molecule has 0 atom stereocenters. The Hall–Kier alpha value is -3.64. The molecule has 0 fully saturated rings. The van der Waals surface area contributed by atoms with Crippen LogP contribution in [-0.4, -0.2) is 23.5 Å². The summed E-state index contributed by atoms with van der Waals surface area (Å²) in [4.78, 5) is 26.0. The molecule has 0 saturated carbocycles. The third-order valence-corrected chi connectivity index (χ3v) is 4.36. The summed E-state index contributed by atoms with van der Waals surface area (Å²) < 4.78 is 5.57. The van der Waals surface area contributed by atoms with Crippen LogP contribution in [-0.2, 0) is 22.7 Å². The second-order valence-electron chi connectivity index (χ2n) is 6.54. The zero-order valence-electron chi connectivity index (χ0n) is 15.8. The predicted octanol–water partition coefficient (Wildman–Crippen LogP) is 3.24. The number of anilines is 1. The van der Waals surface area contributed by atoms with Crippen molar-refractivity contribution >= 4 is 17.5 Å². The maximum absolute atomic E-state index is 12.9. The maximum atomic E-state index is 12.9. The number of ether oxygens (including phenoxy) is 1. The summed E-state index contributed by atoms with van der Waals surface area (Å²) >= 11 is 0. The summed E-state index contributed by atoms with van der Waals surface area (Å²) in [5.74, 6) is -0.620. The van der Waals surface area contributed by atoms with Crippen molar-refractivity contribution in [2.75, 3.05) is 11.5 Å². The molecular formula is C23H22N2O4. The van der Waals surface area contributed by atoms with Gasteiger partial charge in [0.15, 0.2) is 0 Å². The number of primary amides is 1. The third kappa shape index (κ3) is 5.67. The normalized spacial score (nSPS) is 10.5. The Morgan fingerprint density at radius 1 is 0.897 bits per heavy atom. The van der Waals surface area contributed by atoms with E-state index in [9.17, 15) is 14.7 Å². The summed E-state index contributed by atoms with van der Waals surface area (Å²) in [6.07, 6.45) is 0. The van der Waals surface area contributed by atoms with Gasteiger partial charge >= 0.3 is 0 Å². The predicted molar refractivity (Wildman–Crippen MR) is 110 cm³/mol. The minimum Gasteiger partial charge on any atom is -0.508 e. The van der Waals surface area contributed by atoms with Crippen molar-refractivity contribution in [2.45, 2.75) is 13.2 Å². The van der Waals surface area contributed by atoms with Crippen LogP contribution >= 0.6 is 0 Å². The molecule has 0 aromatic heterocycles. The molecule has 0 bridgehead atoms. The molecule has 3 aromatic rings. The summed E-state index contributed by atoms with van der Waals surface area (Å²) in [7, 11) is 0. The van der Waals surface area contributed by atoms with E-state index in [0.717, 1.165) is 11.1 Å². The van der Waals surface area contributed by atoms with Gasteiger partial charge in [-0.25, -0.2) is 0 Å². The summed E-state index contributed by atoms with van der Waals surface area (Å²) in [5, 5.41) is 9.34. The Bertz CT molecular complexity index is 972. The number of aromatic hydroxyl groups is 1. The number of hydrogen-bond donors (Lipinski definition) is 2. The minimum absolute atomic E-state index is 0.130. The lowest BCUT2D eigenvalue weighted by molar-refractivity contribution is -0.123. The first-order valence-corrected chi connectivity index (χ1v) is 9.13. The van der Waals surface area contributed by atoms with Gasteiger partial charge in [-0.3, -0.25) is 9.59 Å². The van der Waals surface area contributed by atoms with Crippen LogP contribution in [0.2, 0.25) is 0 Å². The van der Waals surface area contributed by atoms with E-state index in [1.54, 1.807) is 53.4 Å². The number of carbonyl (C=O) groups is 2. The summed E-state index contributed by atoms with van der Waals surface area (Å²) in [6, 6.07) is 22.8. The molecule has 0 aliphatic carbocycles. The molecule has 148 valence electrons. The topological polar surface area (TPSA) is 92.9 Å². The Balaban J connectivity index is 1.74. The van der Waals surface area contributed by atoms with Crippen LogP contribution in [0.5, 0.6) is 5.75 Å². The van der Waals surface area contributed by atoms with Crippen molar-refractivity contribution in [3.8, 4) is 5.75 Å². The lowest BCUT2D eigenvalue weighted by atomic mass is 10.1. The number of nitrogens with zero attached hydrogens (tertiary/aromatic N) is 1. The molecule has 0 aliphatic heterocycles. The van der Waals surface area contributed by atoms with Gasteiger partial charge in [0.25, 0.3) is 5.91 Å². The fourth-order valence-corrected chi connectivity index (χ4v) is 2.84. The van der Waals surface area contributed by atoms with E-state index < -0.39 is 5.91 Å². The van der Waals surface area contributed by atoms with E-state index in [0.29, 0.717) is 17.8 Å². The second kappa shape index (κ2) is 9.52. The Morgan fingerprint density at radius 2 is 1.62 bits per heavy atom. The first-order valence-electron chi connectivity index (χ1n) is 9.13. The number of carbonyl (C=O) groups excluding carboxylic acids is 2. The largest absolute Gasteiger partial charge is 0.508 e. The molecule has 0 unspecified atom stereocenters. The van der Waals surface area contributed by atoms with Gasteiger partial charge in [-0.1, -0.05) is 48.5 Å². The van der Waals surface area contributed by atoms with Crippen molar-refractivity contribution in [1.29, 1.82) is 0 Å². The van der Waals surface area contributed by atoms with Gasteiger partial charge < -0.3 is 20.5 Å². The summed E-state index contributed by atoms with van der Waals surface area (Å²) in [5.41, 5.74) is 8.08. The molecular weight excluding hydrogens is 368 g/mol. The van der Waals surface area contributed by atoms with E-state index in [2.05, 4.69) is 0 Å². The van der Waals surface area contributed by atoms with Crippen molar-refractivity contribution < 1.29 is 19.4 Å². The molecule has 0 spiro atoms. The average Bonchev–Trinajstić information content (AvgIpc) is 2.74. The highest BCUT2D eigenvalue weighted by Crippen LogP contribution is 2.20. The van der Waals surface area contributed by atoms with Crippen LogP contribution in [0.15, 0.2) is 78.9 Å². The molecule has 3 N–H and O–H groups in total. The highest BCUT2D eigenvalue weighted by Gasteiger charge is 2.18. The fourth-order valence-electron chi connectivity index (χ4n) is 2.84. The van der Waals surface area contributed by atoms with Gasteiger partial charge in [0, 0.05) is 11.3 Å². The van der Waals surface area contributed by atoms with Crippen LogP contribution in [0.4, 0.5) is 5.69 Å². The molecule has 29 heavy (non-hydrogen) atoms. The van der Waals surface area contributed by atoms with Crippen LogP contribution in [0.1, 0.15) is 21.5 Å². The molecule has 3 aromatic carbocycles. The lowest BCUT2D eigenvalue weighted by Crippen LogP contribution is -2.33. The van der Waals surface area contributed by atoms with E-state index in [1.807, 2.05) is 30.3 Å². The number of phenols is 1. The smallest absolute Gasteiger partial charge is 0.253 e. The Labute approximate surface area is 169 Å². The van der Waals surface area contributed by atoms with Crippen molar-refractivity contribution in [3.05, 3.63) is 95.6 Å². The van der Waals surface area contributed by atoms with Gasteiger partial charge in [0.2, 0.25) is 5.91 Å². The quantitative estimate of drug-likeness (QED) is 0.618. The monoisotopic (exact) mass is 390 g/mol. The van der Waals surface area contributed by atoms with E-state index in [1.165, 1.54) is 0 Å².